The molecule has 176 valence electrons. The van der Waals surface area contributed by atoms with Crippen molar-refractivity contribution in [3.63, 3.8) is 0 Å². The SMILES string of the molecule is COc1cc(C(O)CCC(=O)c2ccc(OC)c(OC)c2)nc(-c2csc3c(C)cccc23)n1. The first-order valence-electron chi connectivity index (χ1n) is 10.8. The van der Waals surface area contributed by atoms with Crippen LogP contribution in [0.2, 0.25) is 0 Å². The van der Waals surface area contributed by atoms with Crippen molar-refractivity contribution < 1.29 is 24.1 Å². The Hall–Kier alpha value is -3.49. The van der Waals surface area contributed by atoms with Crippen LogP contribution in [0.4, 0.5) is 0 Å². The van der Waals surface area contributed by atoms with E-state index < -0.39 is 6.10 Å². The van der Waals surface area contributed by atoms with Crippen molar-refractivity contribution in [3.8, 4) is 28.8 Å². The summed E-state index contributed by atoms with van der Waals surface area (Å²) in [4.78, 5) is 21.9. The predicted molar refractivity (Wildman–Crippen MR) is 132 cm³/mol. The highest BCUT2D eigenvalue weighted by Gasteiger charge is 2.19. The zero-order valence-corrected chi connectivity index (χ0v) is 20.3. The molecule has 0 aliphatic heterocycles. The van der Waals surface area contributed by atoms with Gasteiger partial charge in [-0.1, -0.05) is 18.2 Å². The monoisotopic (exact) mass is 478 g/mol. The van der Waals surface area contributed by atoms with Crippen LogP contribution in [0.3, 0.4) is 0 Å². The molecular weight excluding hydrogens is 452 g/mol. The molecule has 4 rings (SSSR count). The summed E-state index contributed by atoms with van der Waals surface area (Å²) in [6.07, 6.45) is -0.610. The van der Waals surface area contributed by atoms with E-state index in [1.807, 2.05) is 17.5 Å². The fraction of sp³-hybridized carbons (Fsp3) is 0.269. The molecule has 0 amide bonds. The lowest BCUT2D eigenvalue weighted by atomic mass is 10.0. The smallest absolute Gasteiger partial charge is 0.216 e. The second kappa shape index (κ2) is 10.2. The number of thiophene rings is 1. The van der Waals surface area contributed by atoms with E-state index in [9.17, 15) is 9.90 Å². The van der Waals surface area contributed by atoms with Crippen LogP contribution in [0.1, 0.15) is 40.6 Å². The largest absolute Gasteiger partial charge is 0.493 e. The number of ketones is 1. The molecule has 0 radical (unpaired) electrons. The molecule has 8 heteroatoms. The lowest BCUT2D eigenvalue weighted by Gasteiger charge is -2.13. The normalized spacial score (nSPS) is 11.9. The van der Waals surface area contributed by atoms with Gasteiger partial charge >= 0.3 is 0 Å². The molecule has 4 aromatic rings. The Morgan fingerprint density at radius 1 is 1.03 bits per heavy atom. The van der Waals surface area contributed by atoms with Crippen LogP contribution in [0.5, 0.6) is 17.4 Å². The highest BCUT2D eigenvalue weighted by Crippen LogP contribution is 2.35. The summed E-state index contributed by atoms with van der Waals surface area (Å²) in [6, 6.07) is 12.7. The molecule has 34 heavy (non-hydrogen) atoms. The molecule has 1 atom stereocenters. The second-order valence-corrected chi connectivity index (χ2v) is 8.69. The van der Waals surface area contributed by atoms with Crippen molar-refractivity contribution in [2.45, 2.75) is 25.9 Å². The summed E-state index contributed by atoms with van der Waals surface area (Å²) in [6.45, 7) is 2.07. The van der Waals surface area contributed by atoms with E-state index in [0.717, 1.165) is 10.9 Å². The van der Waals surface area contributed by atoms with Crippen molar-refractivity contribution in [2.75, 3.05) is 21.3 Å². The lowest BCUT2D eigenvalue weighted by Crippen LogP contribution is -2.08. The van der Waals surface area contributed by atoms with Gasteiger partial charge in [0.05, 0.1) is 33.1 Å². The molecule has 2 heterocycles. The van der Waals surface area contributed by atoms with Gasteiger partial charge in [0.1, 0.15) is 0 Å². The van der Waals surface area contributed by atoms with Gasteiger partial charge in [-0.2, -0.15) is 4.98 Å². The number of carbonyl (C=O) groups excluding carboxylic acids is 1. The number of carbonyl (C=O) groups is 1. The van der Waals surface area contributed by atoms with Crippen LogP contribution >= 0.6 is 11.3 Å². The number of aryl methyl sites for hydroxylation is 1. The number of aliphatic hydroxyl groups is 1. The number of nitrogens with zero attached hydrogens (tertiary/aromatic N) is 2. The highest BCUT2D eigenvalue weighted by atomic mass is 32.1. The summed E-state index contributed by atoms with van der Waals surface area (Å²) in [5.41, 5.74) is 2.97. The third kappa shape index (κ3) is 4.73. The van der Waals surface area contributed by atoms with Gasteiger partial charge in [0.15, 0.2) is 23.1 Å². The van der Waals surface area contributed by atoms with Crippen LogP contribution < -0.4 is 14.2 Å². The maximum Gasteiger partial charge on any atom is 0.216 e. The van der Waals surface area contributed by atoms with E-state index in [4.69, 9.17) is 14.2 Å². The minimum atomic E-state index is -0.952. The number of hydrogen-bond donors (Lipinski definition) is 1. The van der Waals surface area contributed by atoms with Gasteiger partial charge in [-0.3, -0.25) is 4.79 Å². The summed E-state index contributed by atoms with van der Waals surface area (Å²) in [5, 5.41) is 13.9. The first kappa shape index (κ1) is 23.7. The van der Waals surface area contributed by atoms with E-state index >= 15 is 0 Å². The minimum absolute atomic E-state index is 0.111. The van der Waals surface area contributed by atoms with Crippen molar-refractivity contribution in [1.29, 1.82) is 0 Å². The zero-order chi connectivity index (χ0) is 24.2. The first-order valence-corrected chi connectivity index (χ1v) is 11.7. The molecule has 1 N–H and O–H groups in total. The average Bonchev–Trinajstić information content (AvgIpc) is 3.31. The summed E-state index contributed by atoms with van der Waals surface area (Å²) < 4.78 is 17.0. The summed E-state index contributed by atoms with van der Waals surface area (Å²) in [7, 11) is 4.59. The van der Waals surface area contributed by atoms with Crippen LogP contribution in [0.25, 0.3) is 21.5 Å². The van der Waals surface area contributed by atoms with Crippen molar-refractivity contribution >= 4 is 27.2 Å². The number of aromatic nitrogens is 2. The summed E-state index contributed by atoms with van der Waals surface area (Å²) >= 11 is 1.63. The molecule has 0 saturated heterocycles. The Labute approximate surface area is 202 Å². The number of Topliss-reactive ketones (excluding diaryl/α,β-unsaturated/α-hetero) is 1. The van der Waals surface area contributed by atoms with Crippen LogP contribution in [0.15, 0.2) is 47.8 Å². The maximum absolute atomic E-state index is 12.7. The Balaban J connectivity index is 1.56. The first-order chi connectivity index (χ1) is 16.4. The molecule has 7 nitrogen and oxygen atoms in total. The fourth-order valence-corrected chi connectivity index (χ4v) is 4.81. The zero-order valence-electron chi connectivity index (χ0n) is 19.5. The van der Waals surface area contributed by atoms with Crippen molar-refractivity contribution in [2.24, 2.45) is 0 Å². The molecule has 0 aliphatic carbocycles. The number of ether oxygens (including phenoxy) is 3. The standard InChI is InChI=1S/C26H26N2O5S/c1-15-6-5-7-17-18(14-34-25(15)17)26-27-19(13-24(28-26)33-4)21(30)10-9-20(29)16-8-11-22(31-2)23(12-16)32-3/h5-8,11-14,21,30H,9-10H2,1-4H3. The predicted octanol–water partition coefficient (Wildman–Crippen LogP) is 5.39. The van der Waals surface area contributed by atoms with E-state index in [1.54, 1.807) is 42.7 Å². The number of aliphatic hydroxyl groups excluding tert-OH is 1. The Kier molecular flexibility index (Phi) is 7.09. The molecule has 0 saturated carbocycles. The number of fused-ring (bicyclic) bond motifs is 1. The molecule has 0 spiro atoms. The van der Waals surface area contributed by atoms with E-state index in [1.165, 1.54) is 24.5 Å². The Morgan fingerprint density at radius 3 is 2.56 bits per heavy atom. The van der Waals surface area contributed by atoms with Gasteiger partial charge < -0.3 is 19.3 Å². The molecule has 0 aliphatic rings. The van der Waals surface area contributed by atoms with E-state index in [2.05, 4.69) is 23.0 Å². The van der Waals surface area contributed by atoms with Gasteiger partial charge in [-0.15, -0.1) is 11.3 Å². The molecule has 0 fully saturated rings. The minimum Gasteiger partial charge on any atom is -0.493 e. The number of benzene rings is 2. The van der Waals surface area contributed by atoms with Crippen LogP contribution in [-0.4, -0.2) is 42.2 Å². The van der Waals surface area contributed by atoms with Crippen LogP contribution in [0, 0.1) is 6.92 Å². The van der Waals surface area contributed by atoms with Gasteiger partial charge in [-0.25, -0.2) is 4.98 Å². The van der Waals surface area contributed by atoms with Gasteiger partial charge in [0, 0.05) is 39.1 Å². The van der Waals surface area contributed by atoms with Gasteiger partial charge in [0.25, 0.3) is 0 Å². The van der Waals surface area contributed by atoms with Crippen LogP contribution in [-0.2, 0) is 0 Å². The Bertz CT molecular complexity index is 1330. The quantitative estimate of drug-likeness (QED) is 0.323. The number of rotatable bonds is 9. The van der Waals surface area contributed by atoms with Crippen molar-refractivity contribution in [1.82, 2.24) is 9.97 Å². The number of methoxy groups -OCH3 is 3. The maximum atomic E-state index is 12.7. The lowest BCUT2D eigenvalue weighted by molar-refractivity contribution is 0.0937. The molecule has 2 aromatic heterocycles. The van der Waals surface area contributed by atoms with Crippen molar-refractivity contribution in [3.05, 3.63) is 64.7 Å². The average molecular weight is 479 g/mol. The summed E-state index contributed by atoms with van der Waals surface area (Å²) in [5.74, 6) is 1.77. The topological polar surface area (TPSA) is 90.8 Å². The third-order valence-electron chi connectivity index (χ3n) is 5.66. The molecular formula is C26H26N2O5S. The third-order valence-corrected chi connectivity index (χ3v) is 6.79. The fourth-order valence-electron chi connectivity index (χ4n) is 3.78. The van der Waals surface area contributed by atoms with Gasteiger partial charge in [0.2, 0.25) is 5.88 Å². The highest BCUT2D eigenvalue weighted by molar-refractivity contribution is 7.18. The van der Waals surface area contributed by atoms with Gasteiger partial charge in [-0.05, 0) is 37.1 Å². The molecule has 0 bridgehead atoms. The number of hydrogen-bond acceptors (Lipinski definition) is 8. The van der Waals surface area contributed by atoms with E-state index in [-0.39, 0.29) is 18.6 Å². The molecule has 2 aromatic carbocycles. The molecule has 1 unspecified atom stereocenters. The Morgan fingerprint density at radius 2 is 1.82 bits per heavy atom. The van der Waals surface area contributed by atoms with E-state index in [0.29, 0.717) is 34.5 Å². The second-order valence-electron chi connectivity index (χ2n) is 7.81.